The summed E-state index contributed by atoms with van der Waals surface area (Å²) in [6, 6.07) is 0. The monoisotopic (exact) mass is 125 g/mol. The predicted molar refractivity (Wildman–Crippen MR) is 42.5 cm³/mol. The molecule has 9 heavy (non-hydrogen) atoms. The molecule has 0 aliphatic rings. The Labute approximate surface area is 57.7 Å². The summed E-state index contributed by atoms with van der Waals surface area (Å²) < 4.78 is 0. The fraction of sp³-hybridized carbons (Fsp3) is 0.500. The Morgan fingerprint density at radius 2 is 2.00 bits per heavy atom. The van der Waals surface area contributed by atoms with Crippen molar-refractivity contribution >= 4 is 0 Å². The first-order chi connectivity index (χ1) is 4.27. The van der Waals surface area contributed by atoms with E-state index >= 15 is 0 Å². The van der Waals surface area contributed by atoms with Crippen molar-refractivity contribution in [3.8, 4) is 0 Å². The van der Waals surface area contributed by atoms with E-state index in [9.17, 15) is 0 Å². The molecule has 0 bridgehead atoms. The van der Waals surface area contributed by atoms with Crippen molar-refractivity contribution in [3.63, 3.8) is 0 Å². The molecule has 1 nitrogen and oxygen atoms in total. The molecule has 0 radical (unpaired) electrons. The summed E-state index contributed by atoms with van der Waals surface area (Å²) >= 11 is 0. The molecule has 0 fully saturated rings. The smallest absolute Gasteiger partial charge is 0.0157 e. The van der Waals surface area contributed by atoms with Gasteiger partial charge in [0.25, 0.3) is 0 Å². The third kappa shape index (κ3) is 7.44. The summed E-state index contributed by atoms with van der Waals surface area (Å²) in [5.74, 6) is 0. The summed E-state index contributed by atoms with van der Waals surface area (Å²) in [6.45, 7) is 4.63. The van der Waals surface area contributed by atoms with E-state index in [-0.39, 0.29) is 0 Å². The molecule has 0 N–H and O–H groups in total. The van der Waals surface area contributed by atoms with Crippen LogP contribution in [0.1, 0.15) is 6.42 Å². The van der Waals surface area contributed by atoms with Gasteiger partial charge in [0, 0.05) is 6.54 Å². The molecule has 0 rings (SSSR count). The number of likely N-dealkylation sites (N-methyl/N-ethyl adjacent to an activating group) is 1. The summed E-state index contributed by atoms with van der Waals surface area (Å²) in [4.78, 5) is 2.12. The molecule has 0 aromatic rings. The van der Waals surface area contributed by atoms with Crippen LogP contribution < -0.4 is 0 Å². The second-order valence-electron chi connectivity index (χ2n) is 2.26. The van der Waals surface area contributed by atoms with E-state index in [1.807, 2.05) is 6.08 Å². The van der Waals surface area contributed by atoms with E-state index in [0.717, 1.165) is 13.0 Å². The van der Waals surface area contributed by atoms with Gasteiger partial charge >= 0.3 is 0 Å². The van der Waals surface area contributed by atoms with Crippen LogP contribution in [0.4, 0.5) is 0 Å². The second kappa shape index (κ2) is 5.57. The Morgan fingerprint density at radius 3 is 2.44 bits per heavy atom. The third-order valence-corrected chi connectivity index (χ3v) is 0.940. The quantitative estimate of drug-likeness (QED) is 0.517. The van der Waals surface area contributed by atoms with E-state index in [4.69, 9.17) is 0 Å². The van der Waals surface area contributed by atoms with Gasteiger partial charge in [-0.05, 0) is 20.5 Å². The number of rotatable bonds is 4. The van der Waals surface area contributed by atoms with Gasteiger partial charge in [-0.2, -0.15) is 0 Å². The minimum absolute atomic E-state index is 0.980. The Kier molecular flexibility index (Phi) is 5.23. The molecular formula is C8H15N. The lowest BCUT2D eigenvalue weighted by molar-refractivity contribution is 0.456. The number of hydrogen-bond donors (Lipinski definition) is 0. The van der Waals surface area contributed by atoms with Gasteiger partial charge in [-0.3, -0.25) is 0 Å². The van der Waals surface area contributed by atoms with E-state index in [2.05, 4.69) is 37.7 Å². The maximum atomic E-state index is 3.61. The van der Waals surface area contributed by atoms with Crippen LogP contribution in [0.25, 0.3) is 0 Å². The van der Waals surface area contributed by atoms with Crippen LogP contribution in [-0.4, -0.2) is 25.5 Å². The molecule has 0 aliphatic carbocycles. The van der Waals surface area contributed by atoms with Gasteiger partial charge in [-0.15, -0.1) is 6.58 Å². The summed E-state index contributed by atoms with van der Waals surface area (Å²) in [7, 11) is 4.11. The number of allylic oxidation sites excluding steroid dienone is 2. The molecule has 0 aliphatic heterocycles. The zero-order valence-corrected chi connectivity index (χ0v) is 6.30. The Bertz CT molecular complexity index is 92.7. The van der Waals surface area contributed by atoms with Gasteiger partial charge < -0.3 is 4.90 Å². The van der Waals surface area contributed by atoms with Gasteiger partial charge in [0.05, 0.1) is 0 Å². The SMILES string of the molecule is C=CCC=CCN(C)C. The predicted octanol–water partition coefficient (Wildman–Crippen LogP) is 1.68. The van der Waals surface area contributed by atoms with Crippen LogP contribution in [0.3, 0.4) is 0 Å². The second-order valence-corrected chi connectivity index (χ2v) is 2.26. The molecule has 0 atom stereocenters. The minimum Gasteiger partial charge on any atom is -0.306 e. The molecule has 0 saturated heterocycles. The molecule has 0 aromatic heterocycles. The average molecular weight is 125 g/mol. The van der Waals surface area contributed by atoms with Crippen LogP contribution in [0.5, 0.6) is 0 Å². The Hall–Kier alpha value is -0.560. The van der Waals surface area contributed by atoms with Gasteiger partial charge in [0.2, 0.25) is 0 Å². The first-order valence-electron chi connectivity index (χ1n) is 3.18. The first kappa shape index (κ1) is 8.44. The lowest BCUT2D eigenvalue weighted by Crippen LogP contribution is -2.10. The van der Waals surface area contributed by atoms with Crippen molar-refractivity contribution in [2.75, 3.05) is 20.6 Å². The highest BCUT2D eigenvalue weighted by Crippen LogP contribution is 1.83. The zero-order chi connectivity index (χ0) is 7.11. The van der Waals surface area contributed by atoms with E-state index in [1.54, 1.807) is 0 Å². The summed E-state index contributed by atoms with van der Waals surface area (Å²) in [5, 5.41) is 0. The molecule has 0 aromatic carbocycles. The largest absolute Gasteiger partial charge is 0.306 e. The normalized spacial score (nSPS) is 11.0. The van der Waals surface area contributed by atoms with Crippen LogP contribution in [-0.2, 0) is 0 Å². The molecule has 0 amide bonds. The van der Waals surface area contributed by atoms with Crippen LogP contribution >= 0.6 is 0 Å². The maximum Gasteiger partial charge on any atom is 0.0157 e. The van der Waals surface area contributed by atoms with Crippen LogP contribution in [0.15, 0.2) is 24.8 Å². The molecular weight excluding hydrogens is 110 g/mol. The fourth-order valence-corrected chi connectivity index (χ4v) is 0.478. The highest BCUT2D eigenvalue weighted by atomic mass is 15.0. The topological polar surface area (TPSA) is 3.24 Å². The lowest BCUT2D eigenvalue weighted by Gasteiger charge is -2.02. The number of nitrogens with zero attached hydrogens (tertiary/aromatic N) is 1. The summed E-state index contributed by atoms with van der Waals surface area (Å²) in [5.41, 5.74) is 0. The van der Waals surface area contributed by atoms with Crippen molar-refractivity contribution in [1.29, 1.82) is 0 Å². The van der Waals surface area contributed by atoms with Gasteiger partial charge in [-0.25, -0.2) is 0 Å². The van der Waals surface area contributed by atoms with Crippen LogP contribution in [0.2, 0.25) is 0 Å². The third-order valence-electron chi connectivity index (χ3n) is 0.940. The van der Waals surface area contributed by atoms with Crippen molar-refractivity contribution in [2.24, 2.45) is 0 Å². The fourth-order valence-electron chi connectivity index (χ4n) is 0.478. The van der Waals surface area contributed by atoms with Gasteiger partial charge in [0.15, 0.2) is 0 Å². The highest BCUT2D eigenvalue weighted by Gasteiger charge is 1.78. The zero-order valence-electron chi connectivity index (χ0n) is 6.30. The highest BCUT2D eigenvalue weighted by molar-refractivity contribution is 4.89. The number of hydrogen-bond acceptors (Lipinski definition) is 1. The maximum absolute atomic E-state index is 3.61. The van der Waals surface area contributed by atoms with E-state index in [1.165, 1.54) is 0 Å². The molecule has 0 saturated carbocycles. The van der Waals surface area contributed by atoms with Crippen LogP contribution in [0, 0.1) is 0 Å². The Morgan fingerprint density at radius 1 is 1.33 bits per heavy atom. The average Bonchev–Trinajstić information content (AvgIpc) is 1.80. The van der Waals surface area contributed by atoms with Crippen molar-refractivity contribution < 1.29 is 0 Å². The molecule has 0 heterocycles. The molecule has 1 heteroatoms. The molecule has 52 valence electrons. The Balaban J connectivity index is 3.14. The minimum atomic E-state index is 0.980. The molecule has 0 unspecified atom stereocenters. The van der Waals surface area contributed by atoms with E-state index in [0.29, 0.717) is 0 Å². The van der Waals surface area contributed by atoms with Gasteiger partial charge in [-0.1, -0.05) is 18.2 Å². The van der Waals surface area contributed by atoms with Gasteiger partial charge in [0.1, 0.15) is 0 Å². The van der Waals surface area contributed by atoms with Crippen molar-refractivity contribution in [1.82, 2.24) is 4.90 Å². The lowest BCUT2D eigenvalue weighted by atomic mass is 10.4. The molecule has 0 spiro atoms. The standard InChI is InChI=1S/C8H15N/c1-4-5-6-7-8-9(2)3/h4,6-7H,1,5,8H2,2-3H3. The van der Waals surface area contributed by atoms with Crippen molar-refractivity contribution in [2.45, 2.75) is 6.42 Å². The summed E-state index contributed by atoms with van der Waals surface area (Å²) in [6.07, 6.45) is 7.13. The van der Waals surface area contributed by atoms with E-state index < -0.39 is 0 Å². The first-order valence-corrected chi connectivity index (χ1v) is 3.18. The van der Waals surface area contributed by atoms with Crippen molar-refractivity contribution in [3.05, 3.63) is 24.8 Å².